The maximum Gasteiger partial charge on any atom is 0.376 e. The molecule has 1 fully saturated rings. The molecule has 6 nitrogen and oxygen atoms in total. The monoisotopic (exact) mass is 241 g/mol. The molecule has 1 aliphatic heterocycles. The van der Waals surface area contributed by atoms with Crippen molar-refractivity contribution in [1.29, 1.82) is 0 Å². The minimum absolute atomic E-state index is 0.0971. The molecule has 0 bridgehead atoms. The number of ether oxygens (including phenoxy) is 3. The van der Waals surface area contributed by atoms with Crippen molar-refractivity contribution in [2.75, 3.05) is 20.8 Å². The molecule has 0 saturated carbocycles. The molecule has 0 radical (unpaired) electrons. The fraction of sp³-hybridized carbons (Fsp3) is 0.636. The van der Waals surface area contributed by atoms with E-state index in [1.54, 1.807) is 0 Å². The van der Waals surface area contributed by atoms with E-state index in [4.69, 9.17) is 13.9 Å². The van der Waals surface area contributed by atoms with Gasteiger partial charge in [-0.1, -0.05) is 0 Å². The standard InChI is InChI=1S/C11H15NO5/c1-14-6-7-9(11(13)15-2)17-10(12-7)8-4-3-5-16-8/h8H,3-6H2,1-2H3. The van der Waals surface area contributed by atoms with Crippen LogP contribution in [0.4, 0.5) is 0 Å². The van der Waals surface area contributed by atoms with E-state index in [2.05, 4.69) is 9.72 Å². The third-order valence-corrected chi connectivity index (χ3v) is 2.57. The topological polar surface area (TPSA) is 70.8 Å². The van der Waals surface area contributed by atoms with E-state index >= 15 is 0 Å². The number of nitrogens with zero attached hydrogens (tertiary/aromatic N) is 1. The molecule has 2 rings (SSSR count). The Hall–Kier alpha value is -1.40. The van der Waals surface area contributed by atoms with Crippen LogP contribution in [0, 0.1) is 0 Å². The van der Waals surface area contributed by atoms with E-state index < -0.39 is 5.97 Å². The number of rotatable bonds is 4. The first-order chi connectivity index (χ1) is 8.26. The summed E-state index contributed by atoms with van der Waals surface area (Å²) >= 11 is 0. The van der Waals surface area contributed by atoms with Crippen molar-refractivity contribution >= 4 is 5.97 Å². The van der Waals surface area contributed by atoms with Crippen molar-refractivity contribution in [2.45, 2.75) is 25.6 Å². The summed E-state index contributed by atoms with van der Waals surface area (Å²) in [6, 6.07) is 0. The molecule has 1 aromatic rings. The summed E-state index contributed by atoms with van der Waals surface area (Å²) in [5.74, 6) is -0.0244. The van der Waals surface area contributed by atoms with Gasteiger partial charge < -0.3 is 18.6 Å². The zero-order valence-corrected chi connectivity index (χ0v) is 9.89. The molecule has 94 valence electrons. The molecule has 0 spiro atoms. The molecular formula is C11H15NO5. The second-order valence-corrected chi connectivity index (χ2v) is 3.75. The van der Waals surface area contributed by atoms with Crippen LogP contribution in [0.15, 0.2) is 4.42 Å². The molecule has 0 aliphatic carbocycles. The molecule has 1 atom stereocenters. The molecule has 1 unspecified atom stereocenters. The van der Waals surface area contributed by atoms with Crippen molar-refractivity contribution in [3.8, 4) is 0 Å². The Labute approximate surface area is 98.9 Å². The van der Waals surface area contributed by atoms with Crippen LogP contribution in [0.5, 0.6) is 0 Å². The maximum absolute atomic E-state index is 11.5. The lowest BCUT2D eigenvalue weighted by molar-refractivity contribution is 0.0537. The van der Waals surface area contributed by atoms with Crippen molar-refractivity contribution in [3.05, 3.63) is 17.3 Å². The SMILES string of the molecule is COCc1nc(C2CCCO2)oc1C(=O)OC. The van der Waals surface area contributed by atoms with Gasteiger partial charge in [-0.15, -0.1) is 0 Å². The molecule has 1 saturated heterocycles. The Bertz CT molecular complexity index is 395. The normalized spacial score (nSPS) is 19.5. The first-order valence-corrected chi connectivity index (χ1v) is 5.44. The van der Waals surface area contributed by atoms with Gasteiger partial charge in [-0.3, -0.25) is 0 Å². The van der Waals surface area contributed by atoms with Crippen molar-refractivity contribution in [3.63, 3.8) is 0 Å². The first kappa shape index (κ1) is 12.1. The summed E-state index contributed by atoms with van der Waals surface area (Å²) in [6.45, 7) is 0.904. The number of carbonyl (C=O) groups excluding carboxylic acids is 1. The third kappa shape index (κ3) is 2.48. The Morgan fingerprint density at radius 3 is 2.94 bits per heavy atom. The van der Waals surface area contributed by atoms with Gasteiger partial charge in [-0.25, -0.2) is 9.78 Å². The second-order valence-electron chi connectivity index (χ2n) is 3.75. The molecular weight excluding hydrogens is 226 g/mol. The number of methoxy groups -OCH3 is 2. The minimum Gasteiger partial charge on any atom is -0.463 e. The molecule has 0 N–H and O–H groups in total. The number of carbonyl (C=O) groups is 1. The Morgan fingerprint density at radius 2 is 2.35 bits per heavy atom. The Morgan fingerprint density at radius 1 is 1.53 bits per heavy atom. The highest BCUT2D eigenvalue weighted by Crippen LogP contribution is 2.29. The van der Waals surface area contributed by atoms with Crippen LogP contribution < -0.4 is 0 Å². The van der Waals surface area contributed by atoms with Gasteiger partial charge in [0, 0.05) is 13.7 Å². The van der Waals surface area contributed by atoms with Crippen LogP contribution in [-0.4, -0.2) is 31.8 Å². The summed E-state index contributed by atoms with van der Waals surface area (Å²) in [6.07, 6.45) is 1.66. The predicted molar refractivity (Wildman–Crippen MR) is 56.5 cm³/mol. The van der Waals surface area contributed by atoms with Crippen LogP contribution in [0.1, 0.15) is 41.1 Å². The molecule has 0 aromatic carbocycles. The minimum atomic E-state index is -0.547. The highest BCUT2D eigenvalue weighted by Gasteiger charge is 2.27. The van der Waals surface area contributed by atoms with Gasteiger partial charge in [-0.05, 0) is 12.8 Å². The zero-order valence-electron chi connectivity index (χ0n) is 9.89. The van der Waals surface area contributed by atoms with Crippen molar-refractivity contribution in [1.82, 2.24) is 4.98 Å². The fourth-order valence-electron chi connectivity index (χ4n) is 1.77. The summed E-state index contributed by atoms with van der Waals surface area (Å²) in [7, 11) is 2.83. The van der Waals surface area contributed by atoms with Crippen LogP contribution in [-0.2, 0) is 20.8 Å². The lowest BCUT2D eigenvalue weighted by atomic mass is 10.2. The van der Waals surface area contributed by atoms with E-state index in [0.717, 1.165) is 12.8 Å². The van der Waals surface area contributed by atoms with E-state index in [0.29, 0.717) is 18.2 Å². The summed E-state index contributed by atoms with van der Waals surface area (Å²) in [4.78, 5) is 15.7. The number of esters is 1. The quantitative estimate of drug-likeness (QED) is 0.743. The van der Waals surface area contributed by atoms with E-state index in [-0.39, 0.29) is 18.5 Å². The van der Waals surface area contributed by atoms with Crippen LogP contribution in [0.25, 0.3) is 0 Å². The molecule has 1 aliphatic rings. The van der Waals surface area contributed by atoms with Crippen molar-refractivity contribution < 1.29 is 23.4 Å². The highest BCUT2D eigenvalue weighted by molar-refractivity contribution is 5.87. The summed E-state index contributed by atoms with van der Waals surface area (Å²) in [5.41, 5.74) is 0.449. The van der Waals surface area contributed by atoms with Crippen molar-refractivity contribution in [2.24, 2.45) is 0 Å². The largest absolute Gasteiger partial charge is 0.463 e. The van der Waals surface area contributed by atoms with Crippen LogP contribution >= 0.6 is 0 Å². The van der Waals surface area contributed by atoms with Crippen LogP contribution in [0.3, 0.4) is 0 Å². The first-order valence-electron chi connectivity index (χ1n) is 5.44. The molecule has 6 heteroatoms. The van der Waals surface area contributed by atoms with E-state index in [9.17, 15) is 4.79 Å². The molecule has 2 heterocycles. The molecule has 17 heavy (non-hydrogen) atoms. The van der Waals surface area contributed by atoms with E-state index in [1.807, 2.05) is 0 Å². The fourth-order valence-corrected chi connectivity index (χ4v) is 1.77. The maximum atomic E-state index is 11.5. The van der Waals surface area contributed by atoms with Gasteiger partial charge in [0.25, 0.3) is 0 Å². The highest BCUT2D eigenvalue weighted by atomic mass is 16.5. The van der Waals surface area contributed by atoms with Gasteiger partial charge >= 0.3 is 5.97 Å². The molecule has 0 amide bonds. The average Bonchev–Trinajstić information content (AvgIpc) is 2.96. The summed E-state index contributed by atoms with van der Waals surface area (Å²) in [5, 5.41) is 0. The lowest BCUT2D eigenvalue weighted by Gasteiger charge is -2.02. The Kier molecular flexibility index (Phi) is 3.75. The smallest absolute Gasteiger partial charge is 0.376 e. The lowest BCUT2D eigenvalue weighted by Crippen LogP contribution is -2.04. The second kappa shape index (κ2) is 5.29. The number of hydrogen-bond acceptors (Lipinski definition) is 6. The molecule has 1 aromatic heterocycles. The number of aromatic nitrogens is 1. The predicted octanol–water partition coefficient (Wildman–Crippen LogP) is 1.46. The zero-order chi connectivity index (χ0) is 12.3. The van der Waals surface area contributed by atoms with Gasteiger partial charge in [0.05, 0.1) is 13.7 Å². The number of oxazole rings is 1. The third-order valence-electron chi connectivity index (χ3n) is 2.57. The summed E-state index contributed by atoms with van der Waals surface area (Å²) < 4.78 is 20.5. The van der Waals surface area contributed by atoms with Gasteiger partial charge in [-0.2, -0.15) is 0 Å². The Balaban J connectivity index is 2.26. The van der Waals surface area contributed by atoms with Gasteiger partial charge in [0.1, 0.15) is 11.8 Å². The van der Waals surface area contributed by atoms with E-state index in [1.165, 1.54) is 14.2 Å². The van der Waals surface area contributed by atoms with Gasteiger partial charge in [0.2, 0.25) is 11.7 Å². The van der Waals surface area contributed by atoms with Crippen LogP contribution in [0.2, 0.25) is 0 Å². The number of hydrogen-bond donors (Lipinski definition) is 0. The van der Waals surface area contributed by atoms with Gasteiger partial charge in [0.15, 0.2) is 0 Å². The average molecular weight is 241 g/mol.